The molecule has 57 heavy (non-hydrogen) atoms. The van der Waals surface area contributed by atoms with Gasteiger partial charge in [0.2, 0.25) is 0 Å². The van der Waals surface area contributed by atoms with Crippen molar-refractivity contribution in [1.82, 2.24) is 15.0 Å². The summed E-state index contributed by atoms with van der Waals surface area (Å²) < 4.78 is 0. The van der Waals surface area contributed by atoms with E-state index in [0.29, 0.717) is 0 Å². The number of aromatic nitrogens is 3. The molecule has 3 aromatic heterocycles. The van der Waals surface area contributed by atoms with Crippen LogP contribution in [0.15, 0.2) is 213 Å². The molecule has 3 heterocycles. The molecule has 0 radical (unpaired) electrons. The van der Waals surface area contributed by atoms with Crippen LogP contribution in [0.3, 0.4) is 0 Å². The van der Waals surface area contributed by atoms with Crippen LogP contribution < -0.4 is 0 Å². The Morgan fingerprint density at radius 1 is 0.333 bits per heavy atom. The Bertz CT molecular complexity index is 3080. The van der Waals surface area contributed by atoms with Crippen LogP contribution in [0.4, 0.5) is 0 Å². The molecule has 1 unspecified atom stereocenters. The second kappa shape index (κ2) is 13.4. The molecule has 1 aliphatic rings. The molecule has 3 nitrogen and oxygen atoms in total. The Balaban J connectivity index is 1.02. The van der Waals surface area contributed by atoms with E-state index in [1.807, 2.05) is 24.5 Å². The van der Waals surface area contributed by atoms with E-state index in [9.17, 15) is 0 Å². The first-order valence-electron chi connectivity index (χ1n) is 19.4. The second-order valence-corrected chi connectivity index (χ2v) is 14.8. The topological polar surface area (TPSA) is 38.7 Å². The molecular weight excluding hydrogens is 691 g/mol. The zero-order chi connectivity index (χ0) is 37.8. The van der Waals surface area contributed by atoms with E-state index in [1.54, 1.807) is 0 Å². The summed E-state index contributed by atoms with van der Waals surface area (Å²) >= 11 is 0. The van der Waals surface area contributed by atoms with Gasteiger partial charge in [-0.25, -0.2) is 9.97 Å². The fourth-order valence-corrected chi connectivity index (χ4v) is 8.96. The quantitative estimate of drug-likeness (QED) is 0.160. The summed E-state index contributed by atoms with van der Waals surface area (Å²) in [6.07, 6.45) is 3.89. The molecule has 0 bridgehead atoms. The third kappa shape index (κ3) is 5.39. The first-order valence-corrected chi connectivity index (χ1v) is 19.4. The molecule has 266 valence electrons. The fourth-order valence-electron chi connectivity index (χ4n) is 8.96. The number of fused-ring (bicyclic) bond motifs is 6. The minimum Gasteiger partial charge on any atom is -0.264 e. The highest BCUT2D eigenvalue weighted by Gasteiger charge is 2.46. The SMILES string of the molecule is c1ccc(-c2cccc(-c3ccc4ccc5ccc(-c6cccc(-c7ccc8c(c7)C(c7ccccc7)(c7cccnc7)c7ccccc7-8)c6)nc5c4n3)c2)cc1. The van der Waals surface area contributed by atoms with Crippen molar-refractivity contribution in [3.63, 3.8) is 0 Å². The first kappa shape index (κ1) is 32.9. The van der Waals surface area contributed by atoms with Crippen molar-refractivity contribution in [3.8, 4) is 55.9 Å². The minimum atomic E-state index is -0.509. The fraction of sp³-hybridized carbons (Fsp3) is 0.0185. The molecule has 7 aromatic carbocycles. The predicted molar refractivity (Wildman–Crippen MR) is 234 cm³/mol. The summed E-state index contributed by atoms with van der Waals surface area (Å²) in [5, 5.41) is 2.13. The van der Waals surface area contributed by atoms with Crippen LogP contribution >= 0.6 is 0 Å². The van der Waals surface area contributed by atoms with Crippen molar-refractivity contribution in [2.24, 2.45) is 0 Å². The van der Waals surface area contributed by atoms with Crippen molar-refractivity contribution in [1.29, 1.82) is 0 Å². The van der Waals surface area contributed by atoms with Crippen LogP contribution in [-0.2, 0) is 5.41 Å². The van der Waals surface area contributed by atoms with Crippen molar-refractivity contribution < 1.29 is 0 Å². The average molecular weight is 726 g/mol. The summed E-state index contributed by atoms with van der Waals surface area (Å²) in [7, 11) is 0. The predicted octanol–water partition coefficient (Wildman–Crippen LogP) is 13.2. The molecule has 11 rings (SSSR count). The van der Waals surface area contributed by atoms with Gasteiger partial charge in [0.15, 0.2) is 0 Å². The third-order valence-electron chi connectivity index (χ3n) is 11.6. The highest BCUT2D eigenvalue weighted by atomic mass is 14.8. The standard InChI is InChI=1S/C54H35N3/c1-3-12-36(13-4-1)39-14-9-16-42(32-39)50-29-26-37-23-24-38-27-30-51(57-53(38)52(37)56-50)43-17-10-15-40(33-43)41-25-28-47-46-21-7-8-22-48(46)54(49(47)34-41,44-18-5-2-6-19-44)45-20-11-31-55-35-45/h1-35H. The van der Waals surface area contributed by atoms with Crippen LogP contribution in [-0.4, -0.2) is 15.0 Å². The third-order valence-corrected chi connectivity index (χ3v) is 11.6. The van der Waals surface area contributed by atoms with Gasteiger partial charge in [-0.3, -0.25) is 4.98 Å². The van der Waals surface area contributed by atoms with E-state index in [1.165, 1.54) is 38.9 Å². The molecule has 0 aliphatic heterocycles. The highest BCUT2D eigenvalue weighted by molar-refractivity contribution is 6.04. The Morgan fingerprint density at radius 3 is 1.53 bits per heavy atom. The van der Waals surface area contributed by atoms with Gasteiger partial charge in [0.25, 0.3) is 0 Å². The van der Waals surface area contributed by atoms with Gasteiger partial charge in [-0.2, -0.15) is 0 Å². The molecule has 3 heteroatoms. The highest BCUT2D eigenvalue weighted by Crippen LogP contribution is 2.56. The summed E-state index contributed by atoms with van der Waals surface area (Å²) in [5.41, 5.74) is 17.4. The van der Waals surface area contributed by atoms with E-state index in [0.717, 1.165) is 61.0 Å². The maximum Gasteiger partial charge on any atom is 0.0972 e. The summed E-state index contributed by atoms with van der Waals surface area (Å²) in [5.74, 6) is 0. The lowest BCUT2D eigenvalue weighted by atomic mass is 9.68. The van der Waals surface area contributed by atoms with E-state index in [4.69, 9.17) is 9.97 Å². The summed E-state index contributed by atoms with van der Waals surface area (Å²) in [4.78, 5) is 15.2. The van der Waals surface area contributed by atoms with Gasteiger partial charge in [0.1, 0.15) is 0 Å². The molecule has 0 N–H and O–H groups in total. The Morgan fingerprint density at radius 2 is 0.860 bits per heavy atom. The van der Waals surface area contributed by atoms with Gasteiger partial charge >= 0.3 is 0 Å². The summed E-state index contributed by atoms with van der Waals surface area (Å²) in [6, 6.07) is 71.7. The van der Waals surface area contributed by atoms with Gasteiger partial charge in [0, 0.05) is 34.3 Å². The van der Waals surface area contributed by atoms with Gasteiger partial charge in [-0.05, 0) is 92.0 Å². The number of pyridine rings is 3. The van der Waals surface area contributed by atoms with Crippen LogP contribution in [0.5, 0.6) is 0 Å². The lowest BCUT2D eigenvalue weighted by Gasteiger charge is -2.33. The Hall–Kier alpha value is -7.49. The molecule has 0 saturated heterocycles. The van der Waals surface area contributed by atoms with E-state index < -0.39 is 5.41 Å². The van der Waals surface area contributed by atoms with E-state index in [-0.39, 0.29) is 0 Å². The van der Waals surface area contributed by atoms with Crippen LogP contribution in [0.2, 0.25) is 0 Å². The average Bonchev–Trinajstić information content (AvgIpc) is 3.60. The van der Waals surface area contributed by atoms with E-state index >= 15 is 0 Å². The Labute approximate surface area is 331 Å². The molecule has 0 fully saturated rings. The molecule has 1 aliphatic carbocycles. The first-order chi connectivity index (χ1) is 28.2. The number of hydrogen-bond donors (Lipinski definition) is 0. The summed E-state index contributed by atoms with van der Waals surface area (Å²) in [6.45, 7) is 0. The van der Waals surface area contributed by atoms with Gasteiger partial charge < -0.3 is 0 Å². The Kier molecular flexibility index (Phi) is 7.71. The maximum absolute atomic E-state index is 5.33. The number of hydrogen-bond acceptors (Lipinski definition) is 3. The molecule has 0 saturated carbocycles. The number of rotatable bonds is 6. The van der Waals surface area contributed by atoms with Gasteiger partial charge in [-0.1, -0.05) is 164 Å². The lowest BCUT2D eigenvalue weighted by molar-refractivity contribution is 0.763. The van der Waals surface area contributed by atoms with Crippen molar-refractivity contribution >= 4 is 21.8 Å². The molecule has 1 atom stereocenters. The normalized spacial score (nSPS) is 14.4. The number of nitrogens with zero attached hydrogens (tertiary/aromatic N) is 3. The number of benzene rings is 7. The van der Waals surface area contributed by atoms with E-state index in [2.05, 4.69) is 193 Å². The zero-order valence-corrected chi connectivity index (χ0v) is 31.0. The molecule has 0 spiro atoms. The largest absolute Gasteiger partial charge is 0.264 e. The van der Waals surface area contributed by atoms with Crippen molar-refractivity contribution in [2.75, 3.05) is 0 Å². The van der Waals surface area contributed by atoms with Crippen LogP contribution in [0.25, 0.3) is 77.7 Å². The van der Waals surface area contributed by atoms with Crippen molar-refractivity contribution in [3.05, 3.63) is 235 Å². The van der Waals surface area contributed by atoms with Crippen LogP contribution in [0, 0.1) is 0 Å². The van der Waals surface area contributed by atoms with Gasteiger partial charge in [-0.15, -0.1) is 0 Å². The lowest BCUT2D eigenvalue weighted by Crippen LogP contribution is -2.28. The molecular formula is C54H35N3. The van der Waals surface area contributed by atoms with Crippen molar-refractivity contribution in [2.45, 2.75) is 5.41 Å². The molecule has 10 aromatic rings. The smallest absolute Gasteiger partial charge is 0.0972 e. The minimum absolute atomic E-state index is 0.509. The molecule has 0 amide bonds. The monoisotopic (exact) mass is 725 g/mol. The second-order valence-electron chi connectivity index (χ2n) is 14.8. The van der Waals surface area contributed by atoms with Crippen LogP contribution in [0.1, 0.15) is 22.3 Å². The maximum atomic E-state index is 5.33. The zero-order valence-electron chi connectivity index (χ0n) is 31.0. The van der Waals surface area contributed by atoms with Gasteiger partial charge in [0.05, 0.1) is 27.8 Å².